The summed E-state index contributed by atoms with van der Waals surface area (Å²) in [6, 6.07) is 10.0. The van der Waals surface area contributed by atoms with Gasteiger partial charge in [-0.1, -0.05) is 40.7 Å². The van der Waals surface area contributed by atoms with Gasteiger partial charge in [-0.3, -0.25) is 0 Å². The number of aromatic nitrogens is 1. The normalized spacial score (nSPS) is 10.6. The molecule has 0 saturated heterocycles. The van der Waals surface area contributed by atoms with Gasteiger partial charge in [-0.05, 0) is 12.1 Å². The number of fused-ring (bicyclic) bond motifs is 1. The average Bonchev–Trinajstić information content (AvgIpc) is 2.37. The summed E-state index contributed by atoms with van der Waals surface area (Å²) in [7, 11) is 1.66. The second-order valence-electron chi connectivity index (χ2n) is 3.96. The number of hydrogen-bond acceptors (Lipinski definition) is 3. The number of pyridine rings is 1. The first-order valence-corrected chi connectivity index (χ1v) is 6.46. The monoisotopic (exact) mass is 306 g/mol. The summed E-state index contributed by atoms with van der Waals surface area (Å²) >= 11 is 3.31. The van der Waals surface area contributed by atoms with Gasteiger partial charge in [-0.25, -0.2) is 4.98 Å². The largest absolute Gasteiger partial charge is 0.494 e. The summed E-state index contributed by atoms with van der Waals surface area (Å²) in [4.78, 5) is 4.61. The molecule has 18 heavy (non-hydrogen) atoms. The quantitative estimate of drug-likeness (QED) is 0.921. The second-order valence-corrected chi connectivity index (χ2v) is 5.08. The van der Waals surface area contributed by atoms with Gasteiger partial charge in [0, 0.05) is 23.0 Å². The van der Waals surface area contributed by atoms with Crippen LogP contribution >= 0.6 is 15.9 Å². The van der Waals surface area contributed by atoms with Gasteiger partial charge in [0.15, 0.2) is 0 Å². The molecule has 1 N–H and O–H groups in total. The third kappa shape index (κ3) is 3.09. The van der Waals surface area contributed by atoms with E-state index in [1.807, 2.05) is 24.3 Å². The first kappa shape index (κ1) is 13.1. The Bertz CT molecular complexity index is 569. The minimum Gasteiger partial charge on any atom is -0.494 e. The highest BCUT2D eigenvalue weighted by molar-refractivity contribution is 9.11. The lowest BCUT2D eigenvalue weighted by molar-refractivity contribution is 0.419. The Balaban J connectivity index is 2.23. The van der Waals surface area contributed by atoms with E-state index in [1.165, 1.54) is 0 Å². The summed E-state index contributed by atoms with van der Waals surface area (Å²) in [5.41, 5.74) is 1.89. The molecule has 0 aliphatic heterocycles. The van der Waals surface area contributed by atoms with Crippen LogP contribution in [0.4, 0.5) is 0 Å². The van der Waals surface area contributed by atoms with Crippen LogP contribution in [0.15, 0.2) is 41.4 Å². The molecular weight excluding hydrogens is 292 g/mol. The van der Waals surface area contributed by atoms with Crippen molar-refractivity contribution >= 4 is 26.8 Å². The predicted molar refractivity (Wildman–Crippen MR) is 78.1 cm³/mol. The van der Waals surface area contributed by atoms with E-state index in [-0.39, 0.29) is 0 Å². The summed E-state index contributed by atoms with van der Waals surface area (Å²) in [5.74, 6) is 0.805. The van der Waals surface area contributed by atoms with E-state index in [4.69, 9.17) is 4.74 Å². The second kappa shape index (κ2) is 5.98. The number of methoxy groups -OCH3 is 1. The number of nitrogens with one attached hydrogen (secondary N) is 1. The Kier molecular flexibility index (Phi) is 4.33. The van der Waals surface area contributed by atoms with Crippen LogP contribution in [0.5, 0.6) is 5.75 Å². The van der Waals surface area contributed by atoms with Crippen molar-refractivity contribution in [1.29, 1.82) is 0 Å². The predicted octanol–water partition coefficient (Wildman–Crippen LogP) is 3.24. The topological polar surface area (TPSA) is 34.1 Å². The molecule has 0 aliphatic carbocycles. The maximum atomic E-state index is 5.32. The van der Waals surface area contributed by atoms with Crippen molar-refractivity contribution in [3.8, 4) is 5.75 Å². The van der Waals surface area contributed by atoms with Gasteiger partial charge in [0.05, 0.1) is 12.8 Å². The van der Waals surface area contributed by atoms with Crippen molar-refractivity contribution in [2.75, 3.05) is 13.7 Å². The number of benzene rings is 1. The minimum atomic E-state index is 0.707. The Hall–Kier alpha value is -1.39. The zero-order valence-corrected chi connectivity index (χ0v) is 11.8. The van der Waals surface area contributed by atoms with Gasteiger partial charge in [-0.15, -0.1) is 0 Å². The molecule has 1 heterocycles. The van der Waals surface area contributed by atoms with Crippen molar-refractivity contribution < 1.29 is 4.74 Å². The lowest BCUT2D eigenvalue weighted by Crippen LogP contribution is -2.15. The van der Waals surface area contributed by atoms with Gasteiger partial charge in [0.25, 0.3) is 0 Å². The van der Waals surface area contributed by atoms with E-state index >= 15 is 0 Å². The summed E-state index contributed by atoms with van der Waals surface area (Å²) < 4.78 is 6.25. The molecule has 0 amide bonds. The minimum absolute atomic E-state index is 0.707. The SMILES string of the molecule is C=C(Br)CNCc1ccc2cccc(OC)c2n1. The van der Waals surface area contributed by atoms with E-state index < -0.39 is 0 Å². The van der Waals surface area contributed by atoms with Gasteiger partial charge in [0.2, 0.25) is 0 Å². The number of para-hydroxylation sites is 1. The first-order valence-electron chi connectivity index (χ1n) is 5.67. The van der Waals surface area contributed by atoms with E-state index in [0.717, 1.165) is 33.4 Å². The van der Waals surface area contributed by atoms with Crippen LogP contribution in [-0.4, -0.2) is 18.6 Å². The van der Waals surface area contributed by atoms with E-state index in [2.05, 4.69) is 38.9 Å². The highest BCUT2D eigenvalue weighted by atomic mass is 79.9. The molecule has 0 bridgehead atoms. The van der Waals surface area contributed by atoms with Gasteiger partial charge < -0.3 is 10.1 Å². The van der Waals surface area contributed by atoms with Gasteiger partial charge in [-0.2, -0.15) is 0 Å². The average molecular weight is 307 g/mol. The molecule has 2 rings (SSSR count). The molecule has 3 nitrogen and oxygen atoms in total. The molecule has 0 atom stereocenters. The van der Waals surface area contributed by atoms with Crippen LogP contribution in [0.25, 0.3) is 10.9 Å². The lowest BCUT2D eigenvalue weighted by atomic mass is 10.2. The van der Waals surface area contributed by atoms with Gasteiger partial charge in [0.1, 0.15) is 11.3 Å². The van der Waals surface area contributed by atoms with Crippen LogP contribution in [0.2, 0.25) is 0 Å². The first-order chi connectivity index (χ1) is 8.70. The van der Waals surface area contributed by atoms with Crippen LogP contribution in [0.3, 0.4) is 0 Å². The molecule has 0 radical (unpaired) electrons. The van der Waals surface area contributed by atoms with Crippen LogP contribution < -0.4 is 10.1 Å². The smallest absolute Gasteiger partial charge is 0.145 e. The molecule has 2 aromatic rings. The maximum absolute atomic E-state index is 5.32. The molecule has 0 unspecified atom stereocenters. The number of ether oxygens (including phenoxy) is 1. The molecule has 4 heteroatoms. The van der Waals surface area contributed by atoms with Crippen molar-refractivity contribution in [2.45, 2.75) is 6.54 Å². The van der Waals surface area contributed by atoms with E-state index in [9.17, 15) is 0 Å². The Labute approximate surface area is 115 Å². The zero-order chi connectivity index (χ0) is 13.0. The fraction of sp³-hybridized carbons (Fsp3) is 0.214. The molecule has 0 aliphatic rings. The Morgan fingerprint density at radius 3 is 2.94 bits per heavy atom. The number of hydrogen-bond donors (Lipinski definition) is 1. The highest BCUT2D eigenvalue weighted by Gasteiger charge is 2.03. The fourth-order valence-corrected chi connectivity index (χ4v) is 1.95. The molecule has 0 saturated carbocycles. The maximum Gasteiger partial charge on any atom is 0.145 e. The third-order valence-electron chi connectivity index (χ3n) is 2.58. The summed E-state index contributed by atoms with van der Waals surface area (Å²) in [5, 5.41) is 4.34. The molecule has 1 aromatic heterocycles. The van der Waals surface area contributed by atoms with Crippen molar-refractivity contribution in [3.05, 3.63) is 47.1 Å². The van der Waals surface area contributed by atoms with Crippen LogP contribution in [0.1, 0.15) is 5.69 Å². The lowest BCUT2D eigenvalue weighted by Gasteiger charge is -2.07. The summed E-state index contributed by atoms with van der Waals surface area (Å²) in [6.45, 7) is 5.21. The third-order valence-corrected chi connectivity index (χ3v) is 2.86. The summed E-state index contributed by atoms with van der Waals surface area (Å²) in [6.07, 6.45) is 0. The Morgan fingerprint density at radius 2 is 2.22 bits per heavy atom. The molecule has 0 fully saturated rings. The van der Waals surface area contributed by atoms with Crippen molar-refractivity contribution in [3.63, 3.8) is 0 Å². The van der Waals surface area contributed by atoms with Crippen molar-refractivity contribution in [2.24, 2.45) is 0 Å². The molecular formula is C14H15BrN2O. The van der Waals surface area contributed by atoms with Crippen LogP contribution in [-0.2, 0) is 6.54 Å². The highest BCUT2D eigenvalue weighted by Crippen LogP contribution is 2.23. The molecule has 94 valence electrons. The van der Waals surface area contributed by atoms with E-state index in [1.54, 1.807) is 7.11 Å². The fourth-order valence-electron chi connectivity index (χ4n) is 1.75. The zero-order valence-electron chi connectivity index (χ0n) is 10.2. The van der Waals surface area contributed by atoms with Crippen molar-refractivity contribution in [1.82, 2.24) is 10.3 Å². The standard InChI is InChI=1S/C14H15BrN2O/c1-10(15)8-16-9-12-7-6-11-4-3-5-13(18-2)14(11)17-12/h3-7,16H,1,8-9H2,2H3. The number of nitrogens with zero attached hydrogens (tertiary/aromatic N) is 1. The molecule has 0 spiro atoms. The van der Waals surface area contributed by atoms with Gasteiger partial charge >= 0.3 is 0 Å². The number of rotatable bonds is 5. The van der Waals surface area contributed by atoms with Crippen LogP contribution in [0, 0.1) is 0 Å². The molecule has 1 aromatic carbocycles. The van der Waals surface area contributed by atoms with E-state index in [0.29, 0.717) is 6.54 Å². The Morgan fingerprint density at radius 1 is 1.39 bits per heavy atom. The number of halogens is 1.